The minimum atomic E-state index is -0.299. The van der Waals surface area contributed by atoms with E-state index in [0.717, 1.165) is 0 Å². The Balaban J connectivity index is 1.93. The fourth-order valence-electron chi connectivity index (χ4n) is 2.39. The van der Waals surface area contributed by atoms with Crippen LogP contribution in [-0.4, -0.2) is 49.5 Å². The molecule has 2 aromatic carbocycles. The molecule has 0 spiro atoms. The molecule has 0 heterocycles. The van der Waals surface area contributed by atoms with Gasteiger partial charge in [0.25, 0.3) is 0 Å². The lowest BCUT2D eigenvalue weighted by Gasteiger charge is -2.25. The number of amides is 1. The lowest BCUT2D eigenvalue weighted by atomic mass is 10.2. The Bertz CT molecular complexity index is 707. The van der Waals surface area contributed by atoms with E-state index in [1.165, 1.54) is 6.07 Å². The van der Waals surface area contributed by atoms with E-state index in [4.69, 9.17) is 16.3 Å². The molecular weight excluding hydrogens is 355 g/mol. The maximum Gasteiger partial charge on any atom is 0.226 e. The summed E-state index contributed by atoms with van der Waals surface area (Å²) < 4.78 is 19.5. The fraction of sp³-hybridized carbons (Fsp3) is 0.350. The largest absolute Gasteiger partial charge is 0.493 e. The van der Waals surface area contributed by atoms with Gasteiger partial charge in [0.05, 0.1) is 13.0 Å². The van der Waals surface area contributed by atoms with E-state index in [1.54, 1.807) is 47.4 Å². The standard InChI is InChI=1S/C20H24ClFN2O2/c1-23(2)12-13-24(15-16-5-3-4-6-19(16)22)20(25)11-14-26-18-9-7-17(21)8-10-18/h3-10H,11-15H2,1-2H3. The Morgan fingerprint density at radius 3 is 2.42 bits per heavy atom. The molecule has 0 N–H and O–H groups in total. The van der Waals surface area contributed by atoms with E-state index < -0.39 is 0 Å². The number of benzene rings is 2. The van der Waals surface area contributed by atoms with Gasteiger partial charge in [0.15, 0.2) is 0 Å². The molecule has 2 rings (SSSR count). The van der Waals surface area contributed by atoms with E-state index in [2.05, 4.69) is 0 Å². The van der Waals surface area contributed by atoms with Crippen LogP contribution in [0.3, 0.4) is 0 Å². The lowest BCUT2D eigenvalue weighted by molar-refractivity contribution is -0.132. The molecule has 0 saturated carbocycles. The van der Waals surface area contributed by atoms with E-state index in [-0.39, 0.29) is 31.3 Å². The third-order valence-electron chi connectivity index (χ3n) is 3.89. The third-order valence-corrected chi connectivity index (χ3v) is 4.14. The van der Waals surface area contributed by atoms with Crippen LogP contribution < -0.4 is 4.74 Å². The molecule has 0 aliphatic rings. The molecule has 0 atom stereocenters. The Labute approximate surface area is 159 Å². The van der Waals surface area contributed by atoms with Crippen LogP contribution in [0.15, 0.2) is 48.5 Å². The van der Waals surface area contributed by atoms with Gasteiger partial charge in [-0.3, -0.25) is 4.79 Å². The second kappa shape index (κ2) is 10.1. The first kappa shape index (κ1) is 20.2. The number of hydrogen-bond donors (Lipinski definition) is 0. The summed E-state index contributed by atoms with van der Waals surface area (Å²) in [4.78, 5) is 16.3. The van der Waals surface area contributed by atoms with Gasteiger partial charge < -0.3 is 14.5 Å². The van der Waals surface area contributed by atoms with Gasteiger partial charge in [0.2, 0.25) is 5.91 Å². The first-order valence-electron chi connectivity index (χ1n) is 8.50. The lowest BCUT2D eigenvalue weighted by Crippen LogP contribution is -2.37. The van der Waals surface area contributed by atoms with Crippen molar-refractivity contribution in [2.24, 2.45) is 0 Å². The van der Waals surface area contributed by atoms with Crippen LogP contribution in [0.2, 0.25) is 5.02 Å². The monoisotopic (exact) mass is 378 g/mol. The summed E-state index contributed by atoms with van der Waals surface area (Å²) in [6.07, 6.45) is 0.227. The molecule has 0 aromatic heterocycles. The molecule has 1 amide bonds. The summed E-state index contributed by atoms with van der Waals surface area (Å²) in [5, 5.41) is 0.633. The van der Waals surface area contributed by atoms with Crippen molar-refractivity contribution in [2.75, 3.05) is 33.8 Å². The normalized spacial score (nSPS) is 10.8. The molecule has 0 aliphatic carbocycles. The second-order valence-corrected chi connectivity index (χ2v) is 6.70. The summed E-state index contributed by atoms with van der Waals surface area (Å²) in [5.41, 5.74) is 0.512. The molecule has 0 aliphatic heterocycles. The molecule has 0 saturated heterocycles. The van der Waals surface area contributed by atoms with Crippen LogP contribution in [0, 0.1) is 5.82 Å². The second-order valence-electron chi connectivity index (χ2n) is 6.26. The van der Waals surface area contributed by atoms with Crippen molar-refractivity contribution < 1.29 is 13.9 Å². The average molecular weight is 379 g/mol. The number of likely N-dealkylation sites (N-methyl/N-ethyl adjacent to an activating group) is 1. The van der Waals surface area contributed by atoms with Crippen LogP contribution in [0.4, 0.5) is 4.39 Å². The van der Waals surface area contributed by atoms with Crippen molar-refractivity contribution in [1.29, 1.82) is 0 Å². The number of hydrogen-bond acceptors (Lipinski definition) is 3. The molecule has 4 nitrogen and oxygen atoms in total. The zero-order valence-electron chi connectivity index (χ0n) is 15.1. The number of nitrogens with zero attached hydrogens (tertiary/aromatic N) is 2. The maximum atomic E-state index is 13.9. The molecule has 0 radical (unpaired) electrons. The van der Waals surface area contributed by atoms with E-state index in [9.17, 15) is 9.18 Å². The average Bonchev–Trinajstić information content (AvgIpc) is 2.61. The number of carbonyl (C=O) groups excluding carboxylic acids is 1. The van der Waals surface area contributed by atoms with Crippen LogP contribution in [0.5, 0.6) is 5.75 Å². The topological polar surface area (TPSA) is 32.8 Å². The number of carbonyl (C=O) groups is 1. The van der Waals surface area contributed by atoms with Crippen LogP contribution in [-0.2, 0) is 11.3 Å². The highest BCUT2D eigenvalue weighted by atomic mass is 35.5. The first-order valence-corrected chi connectivity index (χ1v) is 8.88. The van der Waals surface area contributed by atoms with Crippen molar-refractivity contribution in [3.05, 3.63) is 64.9 Å². The smallest absolute Gasteiger partial charge is 0.226 e. The van der Waals surface area contributed by atoms with Crippen molar-refractivity contribution in [2.45, 2.75) is 13.0 Å². The molecule has 0 fully saturated rings. The third kappa shape index (κ3) is 6.65. The summed E-state index contributed by atoms with van der Waals surface area (Å²) in [5.74, 6) is 0.299. The van der Waals surface area contributed by atoms with Crippen molar-refractivity contribution in [3.8, 4) is 5.75 Å². The van der Waals surface area contributed by atoms with Gasteiger partial charge in [0.1, 0.15) is 11.6 Å². The Kier molecular flexibility index (Phi) is 7.88. The maximum absolute atomic E-state index is 13.9. The van der Waals surface area contributed by atoms with Gasteiger partial charge in [0, 0.05) is 30.2 Å². The SMILES string of the molecule is CN(C)CCN(Cc1ccccc1F)C(=O)CCOc1ccc(Cl)cc1. The van der Waals surface area contributed by atoms with Crippen molar-refractivity contribution in [1.82, 2.24) is 9.80 Å². The Hall–Kier alpha value is -2.11. The first-order chi connectivity index (χ1) is 12.5. The van der Waals surface area contributed by atoms with E-state index in [0.29, 0.717) is 29.4 Å². The van der Waals surface area contributed by atoms with Crippen LogP contribution >= 0.6 is 11.6 Å². The molecule has 26 heavy (non-hydrogen) atoms. The van der Waals surface area contributed by atoms with Gasteiger partial charge in [-0.05, 0) is 44.4 Å². The molecule has 0 bridgehead atoms. The number of ether oxygens (including phenoxy) is 1. The Morgan fingerprint density at radius 2 is 1.77 bits per heavy atom. The number of rotatable bonds is 9. The summed E-state index contributed by atoms with van der Waals surface area (Å²) >= 11 is 5.84. The van der Waals surface area contributed by atoms with Crippen LogP contribution in [0.25, 0.3) is 0 Å². The van der Waals surface area contributed by atoms with Crippen molar-refractivity contribution in [3.63, 3.8) is 0 Å². The molecule has 2 aromatic rings. The molecular formula is C20H24ClFN2O2. The fourth-order valence-corrected chi connectivity index (χ4v) is 2.52. The van der Waals surface area contributed by atoms with Gasteiger partial charge in [-0.25, -0.2) is 4.39 Å². The molecule has 6 heteroatoms. The summed E-state index contributed by atoms with van der Waals surface area (Å²) in [7, 11) is 3.88. The quantitative estimate of drug-likeness (QED) is 0.664. The molecule has 0 unspecified atom stereocenters. The van der Waals surface area contributed by atoms with E-state index >= 15 is 0 Å². The summed E-state index contributed by atoms with van der Waals surface area (Å²) in [6.45, 7) is 1.75. The zero-order valence-corrected chi connectivity index (χ0v) is 15.9. The summed E-state index contributed by atoms with van der Waals surface area (Å²) in [6, 6.07) is 13.5. The predicted molar refractivity (Wildman–Crippen MR) is 102 cm³/mol. The molecule has 140 valence electrons. The highest BCUT2D eigenvalue weighted by Gasteiger charge is 2.16. The number of halogens is 2. The Morgan fingerprint density at radius 1 is 1.08 bits per heavy atom. The van der Waals surface area contributed by atoms with Gasteiger partial charge in [-0.1, -0.05) is 29.8 Å². The predicted octanol–water partition coefficient (Wildman–Crippen LogP) is 3.84. The van der Waals surface area contributed by atoms with Gasteiger partial charge in [-0.2, -0.15) is 0 Å². The minimum Gasteiger partial charge on any atom is -0.493 e. The van der Waals surface area contributed by atoms with Gasteiger partial charge >= 0.3 is 0 Å². The van der Waals surface area contributed by atoms with Crippen molar-refractivity contribution >= 4 is 17.5 Å². The van der Waals surface area contributed by atoms with E-state index in [1.807, 2.05) is 19.0 Å². The highest BCUT2D eigenvalue weighted by Crippen LogP contribution is 2.16. The highest BCUT2D eigenvalue weighted by molar-refractivity contribution is 6.30. The van der Waals surface area contributed by atoms with Gasteiger partial charge in [-0.15, -0.1) is 0 Å². The zero-order chi connectivity index (χ0) is 18.9. The van der Waals surface area contributed by atoms with Crippen LogP contribution in [0.1, 0.15) is 12.0 Å². The minimum absolute atomic E-state index is 0.0657.